The Bertz CT molecular complexity index is 890. The number of rotatable bonds is 7. The summed E-state index contributed by atoms with van der Waals surface area (Å²) in [5, 5.41) is 10.5. The molecule has 1 heterocycles. The van der Waals surface area contributed by atoms with Gasteiger partial charge in [0.05, 0.1) is 24.4 Å². The van der Waals surface area contributed by atoms with Gasteiger partial charge in [0, 0.05) is 17.5 Å². The summed E-state index contributed by atoms with van der Waals surface area (Å²) in [5.74, 6) is 0.866. The zero-order valence-corrected chi connectivity index (χ0v) is 15.7. The summed E-state index contributed by atoms with van der Waals surface area (Å²) in [7, 11) is 4.13. The Morgan fingerprint density at radius 2 is 1.92 bits per heavy atom. The predicted molar refractivity (Wildman–Crippen MR) is 107 cm³/mol. The second-order valence-corrected chi connectivity index (χ2v) is 6.87. The van der Waals surface area contributed by atoms with Gasteiger partial charge in [-0.2, -0.15) is 0 Å². The van der Waals surface area contributed by atoms with Crippen molar-refractivity contribution in [2.45, 2.75) is 20.0 Å². The van der Waals surface area contributed by atoms with Gasteiger partial charge in [-0.15, -0.1) is 0 Å². The molecular weight excluding hydrogens is 324 g/mol. The van der Waals surface area contributed by atoms with Crippen LogP contribution in [0.4, 0.5) is 0 Å². The maximum Gasteiger partial charge on any atom is 0.119 e. The molecule has 2 aromatic carbocycles. The summed E-state index contributed by atoms with van der Waals surface area (Å²) >= 11 is 0. The monoisotopic (exact) mass is 350 g/mol. The number of fused-ring (bicyclic) bond motifs is 1. The molecule has 1 N–H and O–H groups in total. The van der Waals surface area contributed by atoms with Crippen molar-refractivity contribution in [2.75, 3.05) is 27.2 Å². The zero-order chi connectivity index (χ0) is 18.5. The molecule has 0 bridgehead atoms. The average molecular weight is 350 g/mol. The quantitative estimate of drug-likeness (QED) is 0.654. The highest BCUT2D eigenvalue weighted by Crippen LogP contribution is 2.27. The Labute approximate surface area is 155 Å². The van der Waals surface area contributed by atoms with Crippen molar-refractivity contribution >= 4 is 10.9 Å². The summed E-state index contributed by atoms with van der Waals surface area (Å²) in [6.07, 6.45) is 0.995. The van der Waals surface area contributed by atoms with Crippen LogP contribution >= 0.6 is 0 Å². The van der Waals surface area contributed by atoms with Crippen LogP contribution in [-0.4, -0.2) is 42.2 Å². The van der Waals surface area contributed by atoms with Gasteiger partial charge in [0.15, 0.2) is 0 Å². The van der Waals surface area contributed by atoms with Gasteiger partial charge < -0.3 is 14.7 Å². The Kier molecular flexibility index (Phi) is 5.86. The van der Waals surface area contributed by atoms with Crippen LogP contribution in [0.15, 0.2) is 48.5 Å². The maximum absolute atomic E-state index is 9.38. The topological polar surface area (TPSA) is 45.6 Å². The van der Waals surface area contributed by atoms with E-state index in [2.05, 4.69) is 38.1 Å². The highest BCUT2D eigenvalue weighted by Gasteiger charge is 2.07. The third-order valence-corrected chi connectivity index (χ3v) is 4.41. The molecule has 0 atom stereocenters. The Morgan fingerprint density at radius 1 is 1.08 bits per heavy atom. The molecule has 136 valence electrons. The second kappa shape index (κ2) is 8.30. The maximum atomic E-state index is 9.38. The third kappa shape index (κ3) is 4.40. The number of ether oxygens (including phenoxy) is 1. The van der Waals surface area contributed by atoms with Crippen molar-refractivity contribution in [1.82, 2.24) is 9.88 Å². The number of aromatic nitrogens is 1. The molecule has 26 heavy (non-hydrogen) atoms. The highest BCUT2D eigenvalue weighted by atomic mass is 16.5. The lowest BCUT2D eigenvalue weighted by Crippen LogP contribution is -2.15. The number of aliphatic hydroxyl groups is 1. The van der Waals surface area contributed by atoms with Crippen LogP contribution in [0.3, 0.4) is 0 Å². The van der Waals surface area contributed by atoms with E-state index < -0.39 is 0 Å². The largest absolute Gasteiger partial charge is 0.494 e. The average Bonchev–Trinajstić information content (AvgIpc) is 2.64. The molecule has 0 amide bonds. The van der Waals surface area contributed by atoms with E-state index in [9.17, 15) is 5.11 Å². The summed E-state index contributed by atoms with van der Waals surface area (Å²) in [4.78, 5) is 6.96. The first-order chi connectivity index (χ1) is 12.6. The van der Waals surface area contributed by atoms with Gasteiger partial charge in [-0.1, -0.05) is 24.3 Å². The van der Waals surface area contributed by atoms with Gasteiger partial charge >= 0.3 is 0 Å². The minimum Gasteiger partial charge on any atom is -0.494 e. The van der Waals surface area contributed by atoms with Gasteiger partial charge in [0.2, 0.25) is 0 Å². The van der Waals surface area contributed by atoms with Crippen molar-refractivity contribution in [3.63, 3.8) is 0 Å². The second-order valence-electron chi connectivity index (χ2n) is 6.87. The van der Waals surface area contributed by atoms with Crippen molar-refractivity contribution in [2.24, 2.45) is 0 Å². The summed E-state index contributed by atoms with van der Waals surface area (Å²) < 4.78 is 5.89. The van der Waals surface area contributed by atoms with E-state index in [1.54, 1.807) is 0 Å². The number of aryl methyl sites for hydroxylation is 1. The molecule has 3 aromatic rings. The van der Waals surface area contributed by atoms with Crippen LogP contribution in [0.5, 0.6) is 5.75 Å². The van der Waals surface area contributed by atoms with Crippen LogP contribution in [0.2, 0.25) is 0 Å². The first kappa shape index (κ1) is 18.4. The number of aliphatic hydroxyl groups excluding tert-OH is 1. The van der Waals surface area contributed by atoms with E-state index in [0.717, 1.165) is 46.4 Å². The fourth-order valence-electron chi connectivity index (χ4n) is 3.01. The van der Waals surface area contributed by atoms with Gasteiger partial charge in [0.1, 0.15) is 5.75 Å². The molecule has 3 rings (SSSR count). The highest BCUT2D eigenvalue weighted by molar-refractivity contribution is 5.85. The first-order valence-electron chi connectivity index (χ1n) is 8.96. The summed E-state index contributed by atoms with van der Waals surface area (Å²) in [6.45, 7) is 3.83. The number of hydrogen-bond donors (Lipinski definition) is 1. The number of benzene rings is 2. The van der Waals surface area contributed by atoms with E-state index in [1.807, 2.05) is 36.4 Å². The molecule has 1 aromatic heterocycles. The fourth-order valence-corrected chi connectivity index (χ4v) is 3.01. The minimum atomic E-state index is 0.0250. The molecule has 4 nitrogen and oxygen atoms in total. The van der Waals surface area contributed by atoms with E-state index in [1.165, 1.54) is 5.56 Å². The van der Waals surface area contributed by atoms with Crippen molar-refractivity contribution in [3.05, 3.63) is 59.7 Å². The molecule has 0 saturated heterocycles. The molecule has 0 spiro atoms. The van der Waals surface area contributed by atoms with E-state index in [4.69, 9.17) is 9.72 Å². The van der Waals surface area contributed by atoms with E-state index >= 15 is 0 Å². The number of nitrogens with zero attached hydrogens (tertiary/aromatic N) is 2. The van der Waals surface area contributed by atoms with Gasteiger partial charge in [-0.3, -0.25) is 0 Å². The normalized spacial score (nSPS) is 11.3. The molecule has 0 aliphatic rings. The molecule has 0 radical (unpaired) electrons. The zero-order valence-electron chi connectivity index (χ0n) is 15.7. The molecule has 0 fully saturated rings. The van der Waals surface area contributed by atoms with Crippen LogP contribution in [0, 0.1) is 6.92 Å². The SMILES string of the molecule is Cc1cc(-c2cccc(OCCCN(C)C)c2)nc2cc(CO)ccc12. The summed E-state index contributed by atoms with van der Waals surface area (Å²) in [5.41, 5.74) is 4.91. The van der Waals surface area contributed by atoms with Gasteiger partial charge in [-0.25, -0.2) is 4.98 Å². The third-order valence-electron chi connectivity index (χ3n) is 4.41. The lowest BCUT2D eigenvalue weighted by atomic mass is 10.0. The van der Waals surface area contributed by atoms with E-state index in [-0.39, 0.29) is 6.61 Å². The Hall–Kier alpha value is -2.43. The molecular formula is C22H26N2O2. The lowest BCUT2D eigenvalue weighted by Gasteiger charge is -2.12. The number of pyridine rings is 1. The fraction of sp³-hybridized carbons (Fsp3) is 0.318. The Morgan fingerprint density at radius 3 is 2.69 bits per heavy atom. The van der Waals surface area contributed by atoms with Crippen molar-refractivity contribution < 1.29 is 9.84 Å². The van der Waals surface area contributed by atoms with Crippen LogP contribution in [-0.2, 0) is 6.61 Å². The van der Waals surface area contributed by atoms with Gasteiger partial charge in [-0.05, 0) is 62.8 Å². The van der Waals surface area contributed by atoms with Gasteiger partial charge in [0.25, 0.3) is 0 Å². The predicted octanol–water partition coefficient (Wildman–Crippen LogP) is 4.03. The lowest BCUT2D eigenvalue weighted by molar-refractivity contribution is 0.281. The molecule has 0 unspecified atom stereocenters. The van der Waals surface area contributed by atoms with Crippen LogP contribution in [0.25, 0.3) is 22.2 Å². The van der Waals surface area contributed by atoms with Crippen LogP contribution in [0.1, 0.15) is 17.5 Å². The van der Waals surface area contributed by atoms with Crippen molar-refractivity contribution in [3.8, 4) is 17.0 Å². The molecule has 0 aliphatic carbocycles. The molecule has 0 aliphatic heterocycles. The molecule has 0 saturated carbocycles. The van der Waals surface area contributed by atoms with Crippen LogP contribution < -0.4 is 4.74 Å². The minimum absolute atomic E-state index is 0.0250. The van der Waals surface area contributed by atoms with Crippen molar-refractivity contribution in [1.29, 1.82) is 0 Å². The molecule has 4 heteroatoms. The number of hydrogen-bond acceptors (Lipinski definition) is 4. The standard InChI is InChI=1S/C22H26N2O2/c1-16-12-21(23-22-13-17(15-25)8-9-20(16)22)18-6-4-7-19(14-18)26-11-5-10-24(2)3/h4,6-9,12-14,25H,5,10-11,15H2,1-3H3. The van der Waals surface area contributed by atoms with E-state index in [0.29, 0.717) is 6.61 Å². The summed E-state index contributed by atoms with van der Waals surface area (Å²) in [6, 6.07) is 16.1. The first-order valence-corrected chi connectivity index (χ1v) is 8.96. The Balaban J connectivity index is 1.85. The smallest absolute Gasteiger partial charge is 0.119 e.